The first-order valence-electron chi connectivity index (χ1n) is 8.73. The summed E-state index contributed by atoms with van der Waals surface area (Å²) in [6.07, 6.45) is 0. The zero-order valence-corrected chi connectivity index (χ0v) is 17.3. The lowest BCUT2D eigenvalue weighted by Crippen LogP contribution is -2.35. The van der Waals surface area contributed by atoms with Crippen molar-refractivity contribution in [3.8, 4) is 5.75 Å². The van der Waals surface area contributed by atoms with Gasteiger partial charge in [-0.05, 0) is 48.2 Å². The number of fused-ring (bicyclic) bond motifs is 3. The molecule has 0 aliphatic carbocycles. The molecule has 0 bridgehead atoms. The summed E-state index contributed by atoms with van der Waals surface area (Å²) in [4.78, 5) is 27.0. The summed E-state index contributed by atoms with van der Waals surface area (Å²) in [5, 5.41) is 0.346. The highest BCUT2D eigenvalue weighted by atomic mass is 32.2. The number of amidine groups is 1. The van der Waals surface area contributed by atoms with Crippen LogP contribution in [0.15, 0.2) is 45.7 Å². The molecule has 2 aromatic carbocycles. The van der Waals surface area contributed by atoms with E-state index in [0.717, 1.165) is 23.5 Å². The van der Waals surface area contributed by atoms with Crippen LogP contribution in [0.5, 0.6) is 5.75 Å². The molecule has 2 aromatic rings. The third kappa shape index (κ3) is 3.90. The Morgan fingerprint density at radius 3 is 2.70 bits per heavy atom. The van der Waals surface area contributed by atoms with Crippen LogP contribution < -0.4 is 9.64 Å². The van der Waals surface area contributed by atoms with Gasteiger partial charge in [-0.25, -0.2) is 17.6 Å². The van der Waals surface area contributed by atoms with Gasteiger partial charge in [-0.3, -0.25) is 4.79 Å². The number of nitrogens with zero attached hydrogens (tertiary/aromatic N) is 2. The van der Waals surface area contributed by atoms with Crippen LogP contribution in [-0.4, -0.2) is 51.4 Å². The minimum absolute atomic E-state index is 0.00731. The second kappa shape index (κ2) is 7.73. The predicted octanol–water partition coefficient (Wildman–Crippen LogP) is 2.49. The molecule has 0 N–H and O–H groups in total. The molecule has 30 heavy (non-hydrogen) atoms. The lowest BCUT2D eigenvalue weighted by molar-refractivity contribution is 0.0474. The van der Waals surface area contributed by atoms with E-state index in [2.05, 4.69) is 4.40 Å². The number of ether oxygens (including phenoxy) is 2. The number of hydrogen-bond acceptors (Lipinski definition) is 8. The topological polar surface area (TPSA) is 102 Å². The Morgan fingerprint density at radius 2 is 1.97 bits per heavy atom. The van der Waals surface area contributed by atoms with Gasteiger partial charge in [-0.1, -0.05) is 0 Å². The Bertz CT molecular complexity index is 1200. The van der Waals surface area contributed by atoms with Crippen LogP contribution in [0.25, 0.3) is 0 Å². The van der Waals surface area contributed by atoms with Crippen molar-refractivity contribution in [1.82, 2.24) is 0 Å². The number of anilines is 1. The molecule has 0 saturated carbocycles. The van der Waals surface area contributed by atoms with Crippen molar-refractivity contribution in [1.29, 1.82) is 0 Å². The molecule has 4 rings (SSSR count). The number of Topliss-reactive ketones (excluding diaryl/α,β-unsaturated/α-hetero) is 1. The van der Waals surface area contributed by atoms with Gasteiger partial charge in [-0.15, -0.1) is 4.40 Å². The molecule has 0 radical (unpaired) electrons. The summed E-state index contributed by atoms with van der Waals surface area (Å²) in [6.45, 7) is -0.260. The largest absolute Gasteiger partial charge is 0.494 e. The van der Waals surface area contributed by atoms with Crippen molar-refractivity contribution >= 4 is 44.4 Å². The SMILES string of the molecule is COc1ccc(C(=O)COC(=O)c2ccc3c(c2)SC2=NS(=O)(=O)CCN23)cc1F. The molecule has 0 amide bonds. The maximum absolute atomic E-state index is 13.7. The standard InChI is InChI=1S/C19H15FN2O6S2/c1-27-16-5-3-11(8-13(16)20)15(23)10-28-18(24)12-2-4-14-17(9-12)29-19-21-30(25,26)7-6-22(14)19/h2-5,8-9H,6-7,10H2,1H3. The average Bonchev–Trinajstić information content (AvgIpc) is 3.06. The fourth-order valence-electron chi connectivity index (χ4n) is 3.00. The molecular weight excluding hydrogens is 435 g/mol. The van der Waals surface area contributed by atoms with E-state index < -0.39 is 34.2 Å². The van der Waals surface area contributed by atoms with Crippen molar-refractivity contribution < 1.29 is 31.9 Å². The molecule has 11 heteroatoms. The maximum atomic E-state index is 13.7. The molecule has 0 aromatic heterocycles. The van der Waals surface area contributed by atoms with Crippen LogP contribution >= 0.6 is 11.8 Å². The Balaban J connectivity index is 1.44. The number of benzene rings is 2. The molecule has 0 spiro atoms. The number of carbonyl (C=O) groups excluding carboxylic acids is 2. The van der Waals surface area contributed by atoms with Crippen LogP contribution in [0.4, 0.5) is 10.1 Å². The van der Waals surface area contributed by atoms with Gasteiger partial charge in [0, 0.05) is 17.0 Å². The average molecular weight is 450 g/mol. The van der Waals surface area contributed by atoms with Crippen LogP contribution in [-0.2, 0) is 14.8 Å². The molecule has 0 unspecified atom stereocenters. The van der Waals surface area contributed by atoms with Crippen molar-refractivity contribution in [2.75, 3.05) is 30.9 Å². The van der Waals surface area contributed by atoms with E-state index in [1.165, 1.54) is 25.3 Å². The molecule has 0 atom stereocenters. The quantitative estimate of drug-likeness (QED) is 0.506. The van der Waals surface area contributed by atoms with Gasteiger partial charge in [0.2, 0.25) is 0 Å². The van der Waals surface area contributed by atoms with Gasteiger partial charge < -0.3 is 14.4 Å². The number of methoxy groups -OCH3 is 1. The molecule has 0 saturated heterocycles. The van der Waals surface area contributed by atoms with Crippen LogP contribution in [0.2, 0.25) is 0 Å². The first-order valence-corrected chi connectivity index (χ1v) is 11.2. The van der Waals surface area contributed by atoms with E-state index in [-0.39, 0.29) is 29.2 Å². The van der Waals surface area contributed by atoms with E-state index in [9.17, 15) is 22.4 Å². The highest BCUT2D eigenvalue weighted by Gasteiger charge is 2.33. The van der Waals surface area contributed by atoms with Gasteiger partial charge in [-0.2, -0.15) is 0 Å². The lowest BCUT2D eigenvalue weighted by atomic mass is 10.1. The van der Waals surface area contributed by atoms with E-state index in [1.54, 1.807) is 17.0 Å². The molecule has 2 aliphatic rings. The minimum atomic E-state index is -3.47. The smallest absolute Gasteiger partial charge is 0.338 e. The zero-order chi connectivity index (χ0) is 21.5. The summed E-state index contributed by atoms with van der Waals surface area (Å²) in [6, 6.07) is 8.50. The van der Waals surface area contributed by atoms with Crippen LogP contribution in [0, 0.1) is 5.82 Å². The number of ketones is 1. The number of rotatable bonds is 5. The fraction of sp³-hybridized carbons (Fsp3) is 0.211. The first-order chi connectivity index (χ1) is 14.3. The molecule has 8 nitrogen and oxygen atoms in total. The summed E-state index contributed by atoms with van der Waals surface area (Å²) in [5.74, 6) is -2.04. The van der Waals surface area contributed by atoms with Gasteiger partial charge in [0.25, 0.3) is 10.0 Å². The normalized spacial score (nSPS) is 16.3. The summed E-state index contributed by atoms with van der Waals surface area (Å²) in [5.41, 5.74) is 1.02. The molecule has 156 valence electrons. The Morgan fingerprint density at radius 1 is 1.20 bits per heavy atom. The monoisotopic (exact) mass is 450 g/mol. The Hall–Kier alpha value is -2.92. The zero-order valence-electron chi connectivity index (χ0n) is 15.6. The van der Waals surface area contributed by atoms with Gasteiger partial charge >= 0.3 is 5.97 Å². The number of carbonyl (C=O) groups is 2. The van der Waals surface area contributed by atoms with Crippen molar-refractivity contribution in [2.45, 2.75) is 4.90 Å². The minimum Gasteiger partial charge on any atom is -0.494 e. The third-order valence-corrected chi connectivity index (χ3v) is 6.82. The number of thioether (sulfide) groups is 1. The van der Waals surface area contributed by atoms with Gasteiger partial charge in [0.1, 0.15) is 0 Å². The number of hydrogen-bond donors (Lipinski definition) is 0. The van der Waals surface area contributed by atoms with Crippen molar-refractivity contribution in [3.05, 3.63) is 53.3 Å². The molecule has 0 fully saturated rings. The van der Waals surface area contributed by atoms with Crippen molar-refractivity contribution in [3.63, 3.8) is 0 Å². The van der Waals surface area contributed by atoms with Gasteiger partial charge in [0.15, 0.2) is 29.1 Å². The Labute approximate surface area is 175 Å². The molecule has 2 heterocycles. The molecule has 2 aliphatic heterocycles. The van der Waals surface area contributed by atoms with Crippen LogP contribution in [0.3, 0.4) is 0 Å². The highest BCUT2D eigenvalue weighted by Crippen LogP contribution is 2.42. The van der Waals surface area contributed by atoms with Crippen molar-refractivity contribution in [2.24, 2.45) is 4.40 Å². The molecular formula is C19H15FN2O6S2. The highest BCUT2D eigenvalue weighted by molar-refractivity contribution is 8.15. The number of sulfonamides is 1. The number of esters is 1. The summed E-state index contributed by atoms with van der Waals surface area (Å²) < 4.78 is 50.7. The maximum Gasteiger partial charge on any atom is 0.338 e. The number of halogens is 1. The lowest BCUT2D eigenvalue weighted by Gasteiger charge is -2.22. The van der Waals surface area contributed by atoms with E-state index in [0.29, 0.717) is 10.1 Å². The second-order valence-electron chi connectivity index (χ2n) is 6.44. The van der Waals surface area contributed by atoms with Crippen LogP contribution in [0.1, 0.15) is 20.7 Å². The van der Waals surface area contributed by atoms with E-state index >= 15 is 0 Å². The third-order valence-electron chi connectivity index (χ3n) is 4.52. The first kappa shape index (κ1) is 20.4. The van der Waals surface area contributed by atoms with Gasteiger partial charge in [0.05, 0.1) is 24.1 Å². The second-order valence-corrected chi connectivity index (χ2v) is 9.21. The summed E-state index contributed by atoms with van der Waals surface area (Å²) >= 11 is 1.15. The summed E-state index contributed by atoms with van der Waals surface area (Å²) in [7, 11) is -2.16. The van der Waals surface area contributed by atoms with E-state index in [1.807, 2.05) is 0 Å². The Kier molecular flexibility index (Phi) is 5.24. The fourth-order valence-corrected chi connectivity index (χ4v) is 5.29. The predicted molar refractivity (Wildman–Crippen MR) is 108 cm³/mol. The van der Waals surface area contributed by atoms with E-state index in [4.69, 9.17) is 9.47 Å².